The third-order valence-corrected chi connectivity index (χ3v) is 4.93. The second-order valence-electron chi connectivity index (χ2n) is 6.54. The number of halogens is 1. The zero-order valence-electron chi connectivity index (χ0n) is 12.2. The zero-order valence-corrected chi connectivity index (χ0v) is 12.2. The molecule has 2 heterocycles. The molecule has 2 fully saturated rings. The van der Waals surface area contributed by atoms with Crippen LogP contribution in [0.4, 0.5) is 4.39 Å². The summed E-state index contributed by atoms with van der Waals surface area (Å²) in [5, 5.41) is 3.58. The molecular weight excluding hydrogens is 251 g/mol. The van der Waals surface area contributed by atoms with Crippen LogP contribution in [-0.2, 0) is 6.42 Å². The number of nitrogens with one attached hydrogen (secondary N) is 1. The van der Waals surface area contributed by atoms with Crippen LogP contribution < -0.4 is 5.32 Å². The summed E-state index contributed by atoms with van der Waals surface area (Å²) in [5.41, 5.74) is 1.77. The van der Waals surface area contributed by atoms with Crippen molar-refractivity contribution in [3.8, 4) is 0 Å². The summed E-state index contributed by atoms with van der Waals surface area (Å²) in [4.78, 5) is 2.61. The highest BCUT2D eigenvalue weighted by Crippen LogP contribution is 2.35. The maximum absolute atomic E-state index is 12.9. The Kier molecular flexibility index (Phi) is 4.37. The molecule has 1 aromatic carbocycles. The average Bonchev–Trinajstić information content (AvgIpc) is 2.48. The monoisotopic (exact) mass is 276 g/mol. The Hall–Kier alpha value is -0.930. The van der Waals surface area contributed by atoms with Crippen LogP contribution in [-0.4, -0.2) is 37.6 Å². The third kappa shape index (κ3) is 3.39. The highest BCUT2D eigenvalue weighted by molar-refractivity contribution is 5.16. The van der Waals surface area contributed by atoms with Crippen LogP contribution in [0.15, 0.2) is 24.3 Å². The van der Waals surface area contributed by atoms with E-state index in [1.165, 1.54) is 57.4 Å². The Balaban J connectivity index is 1.53. The van der Waals surface area contributed by atoms with Gasteiger partial charge in [0.1, 0.15) is 5.82 Å². The summed E-state index contributed by atoms with van der Waals surface area (Å²) >= 11 is 0. The number of nitrogens with zero attached hydrogens (tertiary/aromatic N) is 1. The van der Waals surface area contributed by atoms with Gasteiger partial charge in [0.2, 0.25) is 0 Å². The Morgan fingerprint density at radius 1 is 1.15 bits per heavy atom. The van der Waals surface area contributed by atoms with Gasteiger partial charge in [0.15, 0.2) is 0 Å². The minimum absolute atomic E-state index is 0.140. The van der Waals surface area contributed by atoms with Crippen molar-refractivity contribution >= 4 is 0 Å². The van der Waals surface area contributed by atoms with Crippen molar-refractivity contribution in [1.82, 2.24) is 10.2 Å². The molecule has 3 heteroatoms. The van der Waals surface area contributed by atoms with Crippen LogP contribution in [0.5, 0.6) is 0 Å². The summed E-state index contributed by atoms with van der Waals surface area (Å²) in [6, 6.07) is 6.96. The van der Waals surface area contributed by atoms with E-state index in [-0.39, 0.29) is 5.82 Å². The molecule has 110 valence electrons. The lowest BCUT2D eigenvalue weighted by atomic mass is 9.74. The first kappa shape index (κ1) is 14.0. The molecule has 0 aliphatic carbocycles. The van der Waals surface area contributed by atoms with Crippen LogP contribution in [0.3, 0.4) is 0 Å². The van der Waals surface area contributed by atoms with Gasteiger partial charge in [-0.15, -0.1) is 0 Å². The quantitative estimate of drug-likeness (QED) is 0.913. The topological polar surface area (TPSA) is 15.3 Å². The van der Waals surface area contributed by atoms with E-state index in [2.05, 4.69) is 10.2 Å². The molecule has 0 aromatic heterocycles. The van der Waals surface area contributed by atoms with Gasteiger partial charge in [-0.2, -0.15) is 0 Å². The number of benzene rings is 1. The van der Waals surface area contributed by atoms with E-state index in [9.17, 15) is 4.39 Å². The SMILES string of the molecule is Fc1ccc(CCN2CCCC3(CCCNC3)C2)cc1. The Labute approximate surface area is 121 Å². The van der Waals surface area contributed by atoms with E-state index in [4.69, 9.17) is 0 Å². The molecule has 0 radical (unpaired) electrons. The molecule has 1 unspecified atom stereocenters. The molecule has 1 N–H and O–H groups in total. The minimum Gasteiger partial charge on any atom is -0.316 e. The van der Waals surface area contributed by atoms with Crippen LogP contribution in [0.25, 0.3) is 0 Å². The van der Waals surface area contributed by atoms with Crippen molar-refractivity contribution in [2.24, 2.45) is 5.41 Å². The van der Waals surface area contributed by atoms with Crippen molar-refractivity contribution in [3.05, 3.63) is 35.6 Å². The van der Waals surface area contributed by atoms with Crippen molar-refractivity contribution in [1.29, 1.82) is 0 Å². The molecule has 2 aliphatic rings. The molecule has 2 nitrogen and oxygen atoms in total. The van der Waals surface area contributed by atoms with Crippen molar-refractivity contribution in [2.45, 2.75) is 32.1 Å². The zero-order chi connectivity index (χ0) is 13.8. The van der Waals surface area contributed by atoms with Gasteiger partial charge in [-0.3, -0.25) is 0 Å². The smallest absolute Gasteiger partial charge is 0.123 e. The number of hydrogen-bond donors (Lipinski definition) is 1. The lowest BCUT2D eigenvalue weighted by molar-refractivity contribution is 0.0654. The summed E-state index contributed by atoms with van der Waals surface area (Å²) in [6.45, 7) is 5.95. The van der Waals surface area contributed by atoms with E-state index >= 15 is 0 Å². The lowest BCUT2D eigenvalue weighted by Gasteiger charge is -2.45. The third-order valence-electron chi connectivity index (χ3n) is 4.93. The molecule has 2 saturated heterocycles. The van der Waals surface area contributed by atoms with E-state index in [1.54, 1.807) is 12.1 Å². The van der Waals surface area contributed by atoms with Gasteiger partial charge in [0, 0.05) is 19.6 Å². The fourth-order valence-electron chi connectivity index (χ4n) is 3.82. The first-order valence-electron chi connectivity index (χ1n) is 7.93. The van der Waals surface area contributed by atoms with E-state index < -0.39 is 0 Å². The molecule has 0 saturated carbocycles. The molecule has 0 amide bonds. The van der Waals surface area contributed by atoms with E-state index in [0.717, 1.165) is 13.0 Å². The number of likely N-dealkylation sites (tertiary alicyclic amines) is 1. The predicted octanol–water partition coefficient (Wildman–Crippen LogP) is 2.83. The second kappa shape index (κ2) is 6.23. The molecule has 20 heavy (non-hydrogen) atoms. The molecule has 1 atom stereocenters. The minimum atomic E-state index is -0.140. The van der Waals surface area contributed by atoms with Crippen molar-refractivity contribution in [2.75, 3.05) is 32.7 Å². The predicted molar refractivity (Wildman–Crippen MR) is 80.3 cm³/mol. The highest BCUT2D eigenvalue weighted by atomic mass is 19.1. The summed E-state index contributed by atoms with van der Waals surface area (Å²) < 4.78 is 12.9. The Morgan fingerprint density at radius 2 is 1.95 bits per heavy atom. The number of hydrogen-bond acceptors (Lipinski definition) is 2. The normalized spacial score (nSPS) is 27.9. The fourth-order valence-corrected chi connectivity index (χ4v) is 3.82. The molecule has 2 aliphatic heterocycles. The Morgan fingerprint density at radius 3 is 2.70 bits per heavy atom. The van der Waals surface area contributed by atoms with Crippen LogP contribution in [0.1, 0.15) is 31.2 Å². The summed E-state index contributed by atoms with van der Waals surface area (Å²) in [5.74, 6) is -0.140. The summed E-state index contributed by atoms with van der Waals surface area (Å²) in [7, 11) is 0. The summed E-state index contributed by atoms with van der Waals surface area (Å²) in [6.07, 6.45) is 6.45. The maximum atomic E-state index is 12.9. The van der Waals surface area contributed by atoms with E-state index in [1.807, 2.05) is 12.1 Å². The van der Waals surface area contributed by atoms with Crippen LogP contribution in [0, 0.1) is 11.2 Å². The molecule has 1 spiro atoms. The maximum Gasteiger partial charge on any atom is 0.123 e. The van der Waals surface area contributed by atoms with Gasteiger partial charge in [-0.25, -0.2) is 4.39 Å². The van der Waals surface area contributed by atoms with Gasteiger partial charge >= 0.3 is 0 Å². The van der Waals surface area contributed by atoms with Crippen LogP contribution in [0.2, 0.25) is 0 Å². The van der Waals surface area contributed by atoms with Gasteiger partial charge in [0.25, 0.3) is 0 Å². The number of rotatable bonds is 3. The molecular formula is C17H25FN2. The number of piperidine rings is 2. The fraction of sp³-hybridized carbons (Fsp3) is 0.647. The molecule has 1 aromatic rings. The standard InChI is InChI=1S/C17H25FN2/c18-16-5-3-15(4-6-16)7-12-20-11-2-9-17(14-20)8-1-10-19-13-17/h3-6,19H,1-2,7-14H2. The molecule has 0 bridgehead atoms. The van der Waals surface area contributed by atoms with Gasteiger partial charge < -0.3 is 10.2 Å². The largest absolute Gasteiger partial charge is 0.316 e. The average molecular weight is 276 g/mol. The lowest BCUT2D eigenvalue weighted by Crippen LogP contribution is -2.51. The Bertz CT molecular complexity index is 418. The van der Waals surface area contributed by atoms with Crippen molar-refractivity contribution < 1.29 is 4.39 Å². The van der Waals surface area contributed by atoms with Gasteiger partial charge in [-0.1, -0.05) is 12.1 Å². The second-order valence-corrected chi connectivity index (χ2v) is 6.54. The van der Waals surface area contributed by atoms with Crippen LogP contribution >= 0.6 is 0 Å². The van der Waals surface area contributed by atoms with Gasteiger partial charge in [0.05, 0.1) is 0 Å². The first-order valence-corrected chi connectivity index (χ1v) is 7.93. The molecule has 3 rings (SSSR count). The highest BCUT2D eigenvalue weighted by Gasteiger charge is 2.36. The van der Waals surface area contributed by atoms with Gasteiger partial charge in [-0.05, 0) is 68.3 Å². The van der Waals surface area contributed by atoms with E-state index in [0.29, 0.717) is 5.41 Å². The van der Waals surface area contributed by atoms with Crippen molar-refractivity contribution in [3.63, 3.8) is 0 Å². The first-order chi connectivity index (χ1) is 9.76.